The summed E-state index contributed by atoms with van der Waals surface area (Å²) in [6, 6.07) is 12.4. The zero-order valence-corrected chi connectivity index (χ0v) is 17.5. The third-order valence-corrected chi connectivity index (χ3v) is 6.58. The van der Waals surface area contributed by atoms with Crippen molar-refractivity contribution in [1.29, 1.82) is 0 Å². The van der Waals surface area contributed by atoms with Gasteiger partial charge in [-0.15, -0.1) is 0 Å². The number of piperidine rings is 1. The predicted octanol–water partition coefficient (Wildman–Crippen LogP) is 4.24. The molecule has 1 unspecified atom stereocenters. The largest absolute Gasteiger partial charge is 0.370 e. The van der Waals surface area contributed by atoms with Crippen molar-refractivity contribution < 1.29 is 4.79 Å². The van der Waals surface area contributed by atoms with Gasteiger partial charge in [-0.05, 0) is 56.9 Å². The number of nitrogens with one attached hydrogen (secondary N) is 2. The number of hydrogen-bond acceptors (Lipinski definition) is 4. The van der Waals surface area contributed by atoms with E-state index < -0.39 is 0 Å². The minimum Gasteiger partial charge on any atom is -0.370 e. The second-order valence-corrected chi connectivity index (χ2v) is 8.81. The van der Waals surface area contributed by atoms with E-state index in [2.05, 4.69) is 27.8 Å². The van der Waals surface area contributed by atoms with Crippen LogP contribution in [0.1, 0.15) is 54.6 Å². The lowest BCUT2D eigenvalue weighted by atomic mass is 9.84. The number of amidine groups is 1. The van der Waals surface area contributed by atoms with Crippen LogP contribution in [-0.4, -0.2) is 46.3 Å². The van der Waals surface area contributed by atoms with Gasteiger partial charge >= 0.3 is 0 Å². The lowest BCUT2D eigenvalue weighted by Gasteiger charge is -2.47. The van der Waals surface area contributed by atoms with Gasteiger partial charge < -0.3 is 15.5 Å². The van der Waals surface area contributed by atoms with Crippen LogP contribution in [0.5, 0.6) is 0 Å². The number of carbonyl (C=O) groups is 1. The first kappa shape index (κ1) is 19.1. The average molecular weight is 404 g/mol. The van der Waals surface area contributed by atoms with Gasteiger partial charge in [-0.3, -0.25) is 14.8 Å². The van der Waals surface area contributed by atoms with Gasteiger partial charge in [0.15, 0.2) is 0 Å². The van der Waals surface area contributed by atoms with E-state index in [0.29, 0.717) is 18.2 Å². The molecule has 2 aromatic rings. The molecular weight excluding hydrogens is 374 g/mol. The summed E-state index contributed by atoms with van der Waals surface area (Å²) in [5.74, 6) is 1.04. The molecule has 1 atom stereocenters. The number of aryl methyl sites for hydroxylation is 1. The van der Waals surface area contributed by atoms with Crippen molar-refractivity contribution in [3.63, 3.8) is 0 Å². The monoisotopic (exact) mass is 403 g/mol. The van der Waals surface area contributed by atoms with Crippen LogP contribution in [0.3, 0.4) is 0 Å². The molecule has 3 heterocycles. The highest BCUT2D eigenvalue weighted by Crippen LogP contribution is 2.37. The first-order chi connectivity index (χ1) is 14.6. The Morgan fingerprint density at radius 1 is 1.13 bits per heavy atom. The smallest absolute Gasteiger partial charge is 0.255 e. The molecule has 2 fully saturated rings. The maximum absolute atomic E-state index is 13.2. The average Bonchev–Trinajstić information content (AvgIpc) is 3.28. The Morgan fingerprint density at radius 3 is 2.70 bits per heavy atom. The van der Waals surface area contributed by atoms with Crippen molar-refractivity contribution in [3.8, 4) is 0 Å². The normalized spacial score (nSPS) is 25.1. The quantitative estimate of drug-likeness (QED) is 0.787. The Bertz CT molecular complexity index is 964. The van der Waals surface area contributed by atoms with E-state index in [-0.39, 0.29) is 11.4 Å². The highest BCUT2D eigenvalue weighted by Gasteiger charge is 2.45. The maximum Gasteiger partial charge on any atom is 0.255 e. The van der Waals surface area contributed by atoms with Crippen LogP contribution < -0.4 is 10.6 Å². The number of nitrogens with zero attached hydrogens (tertiary/aromatic N) is 3. The van der Waals surface area contributed by atoms with Crippen LogP contribution in [-0.2, 0) is 0 Å². The van der Waals surface area contributed by atoms with E-state index in [9.17, 15) is 4.79 Å². The lowest BCUT2D eigenvalue weighted by Crippen LogP contribution is -2.62. The third kappa shape index (κ3) is 3.55. The summed E-state index contributed by atoms with van der Waals surface area (Å²) in [5, 5.41) is 7.41. The van der Waals surface area contributed by atoms with Crippen LogP contribution in [0, 0.1) is 6.92 Å². The minimum absolute atomic E-state index is 0.0439. The molecule has 1 saturated carbocycles. The molecule has 6 nitrogen and oxygen atoms in total. The molecule has 3 aliphatic rings. The van der Waals surface area contributed by atoms with Gasteiger partial charge in [0.25, 0.3) is 5.91 Å². The number of amides is 1. The Kier molecular flexibility index (Phi) is 4.93. The number of hydrogen-bond donors (Lipinski definition) is 2. The van der Waals surface area contributed by atoms with Crippen molar-refractivity contribution in [1.82, 2.24) is 9.88 Å². The van der Waals surface area contributed by atoms with Gasteiger partial charge in [-0.1, -0.05) is 25.0 Å². The molecule has 1 amide bonds. The molecule has 2 aliphatic heterocycles. The topological polar surface area (TPSA) is 69.6 Å². The Morgan fingerprint density at radius 2 is 1.93 bits per heavy atom. The summed E-state index contributed by atoms with van der Waals surface area (Å²) >= 11 is 0. The summed E-state index contributed by atoms with van der Waals surface area (Å²) in [7, 11) is 0. The second kappa shape index (κ2) is 7.74. The zero-order valence-electron chi connectivity index (χ0n) is 17.5. The van der Waals surface area contributed by atoms with Gasteiger partial charge in [0.05, 0.1) is 29.5 Å². The number of fused-ring (bicyclic) bond motifs is 1. The molecule has 0 bridgehead atoms. The highest BCUT2D eigenvalue weighted by atomic mass is 16.2. The first-order valence-corrected chi connectivity index (χ1v) is 11.1. The van der Waals surface area contributed by atoms with Crippen molar-refractivity contribution in [3.05, 3.63) is 53.9 Å². The molecule has 6 heteroatoms. The summed E-state index contributed by atoms with van der Waals surface area (Å²) in [4.78, 5) is 24.7. The molecule has 1 aromatic heterocycles. The van der Waals surface area contributed by atoms with Gasteiger partial charge in [0.2, 0.25) is 0 Å². The molecule has 1 aliphatic carbocycles. The number of anilines is 2. The highest BCUT2D eigenvalue weighted by molar-refractivity contribution is 6.10. The molecular formula is C24H29N5O. The number of likely N-dealkylation sites (tertiary alicyclic amines) is 1. The number of aliphatic imine (C=N–C) groups is 1. The van der Waals surface area contributed by atoms with Gasteiger partial charge in [-0.25, -0.2) is 0 Å². The molecule has 5 rings (SSSR count). The maximum atomic E-state index is 13.2. The second-order valence-electron chi connectivity index (χ2n) is 8.81. The fourth-order valence-corrected chi connectivity index (χ4v) is 4.94. The van der Waals surface area contributed by atoms with Crippen LogP contribution in [0.2, 0.25) is 0 Å². The Hall–Kier alpha value is -2.89. The molecule has 0 radical (unpaired) electrons. The number of rotatable bonds is 2. The molecule has 156 valence electrons. The van der Waals surface area contributed by atoms with Gasteiger partial charge in [0, 0.05) is 18.4 Å². The number of aromatic nitrogens is 1. The molecule has 1 spiro atoms. The van der Waals surface area contributed by atoms with Crippen LogP contribution in [0.15, 0.2) is 47.6 Å². The Labute approximate surface area is 177 Å². The third-order valence-electron chi connectivity index (χ3n) is 6.58. The van der Waals surface area contributed by atoms with Crippen LogP contribution >= 0.6 is 0 Å². The lowest BCUT2D eigenvalue weighted by molar-refractivity contribution is 0.0694. The first-order valence-electron chi connectivity index (χ1n) is 11.1. The van der Waals surface area contributed by atoms with E-state index in [1.54, 1.807) is 6.20 Å². The predicted molar refractivity (Wildman–Crippen MR) is 120 cm³/mol. The molecule has 30 heavy (non-hydrogen) atoms. The zero-order chi connectivity index (χ0) is 20.6. The van der Waals surface area contributed by atoms with Crippen LogP contribution in [0.25, 0.3) is 0 Å². The Balaban J connectivity index is 1.47. The van der Waals surface area contributed by atoms with E-state index >= 15 is 0 Å². The summed E-state index contributed by atoms with van der Waals surface area (Å²) in [5.41, 5.74) is 3.34. The van der Waals surface area contributed by atoms with Crippen molar-refractivity contribution in [2.24, 2.45) is 4.99 Å². The standard InChI is InChI=1S/C24H29N5O/c1-17-11-12-18(15-25-17)22(30)29-14-6-13-24(16-29)23(26-19-7-2-3-8-19)27-20-9-4-5-10-21(20)28-24/h4-5,9-12,15,19,28H,2-3,6-8,13-14,16H2,1H3,(H,26,27). The number of benzene rings is 1. The van der Waals surface area contributed by atoms with E-state index in [1.165, 1.54) is 12.8 Å². The number of pyridine rings is 1. The van der Waals surface area contributed by atoms with E-state index in [0.717, 1.165) is 55.1 Å². The summed E-state index contributed by atoms with van der Waals surface area (Å²) in [6.07, 6.45) is 8.39. The van der Waals surface area contributed by atoms with Crippen molar-refractivity contribution >= 4 is 23.1 Å². The summed E-state index contributed by atoms with van der Waals surface area (Å²) < 4.78 is 0. The van der Waals surface area contributed by atoms with E-state index in [4.69, 9.17) is 4.99 Å². The van der Waals surface area contributed by atoms with Crippen molar-refractivity contribution in [2.45, 2.75) is 57.0 Å². The van der Waals surface area contributed by atoms with Crippen LogP contribution in [0.4, 0.5) is 11.4 Å². The number of para-hydroxylation sites is 2. The fourth-order valence-electron chi connectivity index (χ4n) is 4.94. The van der Waals surface area contributed by atoms with E-state index in [1.807, 2.05) is 36.1 Å². The molecule has 2 N–H and O–H groups in total. The van der Waals surface area contributed by atoms with Crippen molar-refractivity contribution in [2.75, 3.05) is 23.7 Å². The molecule has 1 saturated heterocycles. The SMILES string of the molecule is Cc1ccc(C(=O)N2CCCC3(C2)Nc2ccccc2NC3=NC2CCCC2)cn1. The minimum atomic E-state index is -0.372. The number of carbonyl (C=O) groups excluding carboxylic acids is 1. The fraction of sp³-hybridized carbons (Fsp3) is 0.458. The summed E-state index contributed by atoms with van der Waals surface area (Å²) in [6.45, 7) is 3.30. The van der Waals surface area contributed by atoms with Gasteiger partial charge in [0.1, 0.15) is 11.4 Å². The van der Waals surface area contributed by atoms with Gasteiger partial charge in [-0.2, -0.15) is 0 Å². The molecule has 1 aromatic carbocycles.